The van der Waals surface area contributed by atoms with Gasteiger partial charge in [-0.25, -0.2) is 4.98 Å². The van der Waals surface area contributed by atoms with Crippen molar-refractivity contribution in [1.82, 2.24) is 4.98 Å². The van der Waals surface area contributed by atoms with Crippen molar-refractivity contribution in [2.75, 3.05) is 5.73 Å². The first-order chi connectivity index (χ1) is 11.0. The average Bonchev–Trinajstić information content (AvgIpc) is 3.02. The Morgan fingerprint density at radius 3 is 2.57 bits per heavy atom. The number of halogens is 1. The summed E-state index contributed by atoms with van der Waals surface area (Å²) in [6.07, 6.45) is 1.87. The van der Waals surface area contributed by atoms with E-state index in [0.717, 1.165) is 26.0 Å². The van der Waals surface area contributed by atoms with Crippen molar-refractivity contribution in [1.29, 1.82) is 10.5 Å². The van der Waals surface area contributed by atoms with Crippen LogP contribution in [0.5, 0.6) is 0 Å². The van der Waals surface area contributed by atoms with Gasteiger partial charge >= 0.3 is 0 Å². The molecule has 112 valence electrons. The largest absolute Gasteiger partial charge is 0.451 e. The summed E-state index contributed by atoms with van der Waals surface area (Å²) in [6, 6.07) is 8.00. The zero-order valence-corrected chi connectivity index (χ0v) is 14.6. The number of nitrogens with two attached hydrogens (primary N) is 1. The van der Waals surface area contributed by atoms with Gasteiger partial charge in [-0.15, -0.1) is 0 Å². The number of rotatable bonds is 1. The third-order valence-electron chi connectivity index (χ3n) is 3.86. The Labute approximate surface area is 146 Å². The van der Waals surface area contributed by atoms with Crippen molar-refractivity contribution in [2.45, 2.75) is 13.8 Å². The van der Waals surface area contributed by atoms with Crippen LogP contribution in [-0.2, 0) is 0 Å². The van der Waals surface area contributed by atoms with Gasteiger partial charge in [0.15, 0.2) is 3.77 Å². The molecule has 0 fully saturated rings. The van der Waals surface area contributed by atoms with E-state index in [0.29, 0.717) is 22.6 Å². The van der Waals surface area contributed by atoms with E-state index in [2.05, 4.69) is 39.7 Å². The summed E-state index contributed by atoms with van der Waals surface area (Å²) >= 11 is 2.09. The van der Waals surface area contributed by atoms with Gasteiger partial charge in [-0.2, -0.15) is 10.5 Å². The lowest BCUT2D eigenvalue weighted by atomic mass is 9.96. The van der Waals surface area contributed by atoms with Crippen molar-refractivity contribution in [3.05, 3.63) is 49.6 Å². The van der Waals surface area contributed by atoms with Crippen LogP contribution in [0.15, 0.2) is 22.1 Å². The van der Waals surface area contributed by atoms with E-state index < -0.39 is 0 Å². The number of nitrogen functional groups attached to an aromatic ring is 1. The number of anilines is 1. The minimum absolute atomic E-state index is 0.151. The summed E-state index contributed by atoms with van der Waals surface area (Å²) in [5, 5.41) is 18.8. The zero-order valence-electron chi connectivity index (χ0n) is 12.4. The van der Waals surface area contributed by atoms with E-state index in [1.54, 1.807) is 0 Å². The molecule has 1 aliphatic rings. The Kier molecular flexibility index (Phi) is 3.70. The van der Waals surface area contributed by atoms with Crippen molar-refractivity contribution in [3.8, 4) is 12.1 Å². The third-order valence-corrected chi connectivity index (χ3v) is 4.44. The smallest absolute Gasteiger partial charge is 0.164 e. The number of fused-ring (bicyclic) bond motifs is 1. The molecule has 0 spiro atoms. The molecular formula is C17H11IN4O. The Bertz CT molecular complexity index is 983. The van der Waals surface area contributed by atoms with Gasteiger partial charge in [-0.05, 0) is 71.4 Å². The number of allylic oxidation sites excluding steroid dienone is 3. The second-order valence-corrected chi connectivity index (χ2v) is 6.21. The van der Waals surface area contributed by atoms with Crippen LogP contribution < -0.4 is 5.73 Å². The van der Waals surface area contributed by atoms with Gasteiger partial charge in [0.2, 0.25) is 0 Å². The van der Waals surface area contributed by atoms with Crippen molar-refractivity contribution < 1.29 is 4.42 Å². The first kappa shape index (κ1) is 15.3. The first-order valence-electron chi connectivity index (χ1n) is 6.77. The molecular weight excluding hydrogens is 403 g/mol. The Morgan fingerprint density at radius 1 is 1.26 bits per heavy atom. The lowest BCUT2D eigenvalue weighted by Gasteiger charge is -2.10. The number of aromatic nitrogens is 1. The van der Waals surface area contributed by atoms with E-state index in [-0.39, 0.29) is 5.82 Å². The number of furan rings is 1. The lowest BCUT2D eigenvalue weighted by molar-refractivity contribution is 0.528. The SMILES string of the molecule is CC1=C(C#N)c2nc(N)c(C#N)c(C)c2C1=Cc1ccc(I)o1. The van der Waals surface area contributed by atoms with Gasteiger partial charge in [0.25, 0.3) is 0 Å². The van der Waals surface area contributed by atoms with Crippen LogP contribution >= 0.6 is 22.6 Å². The predicted octanol–water partition coefficient (Wildman–Crippen LogP) is 3.89. The van der Waals surface area contributed by atoms with Crippen LogP contribution in [0, 0.1) is 33.4 Å². The maximum atomic E-state index is 9.47. The molecule has 0 saturated heterocycles. The summed E-state index contributed by atoms with van der Waals surface area (Å²) in [4.78, 5) is 4.29. The fourth-order valence-electron chi connectivity index (χ4n) is 2.74. The lowest BCUT2D eigenvalue weighted by Crippen LogP contribution is -2.03. The number of nitriles is 2. The van der Waals surface area contributed by atoms with Gasteiger partial charge in [0, 0.05) is 5.56 Å². The average molecular weight is 414 g/mol. The molecule has 0 atom stereocenters. The molecule has 2 N–H and O–H groups in total. The number of pyridine rings is 1. The Hall–Kier alpha value is -2.58. The molecule has 5 nitrogen and oxygen atoms in total. The van der Waals surface area contributed by atoms with Gasteiger partial charge in [0.1, 0.15) is 23.7 Å². The highest BCUT2D eigenvalue weighted by molar-refractivity contribution is 14.1. The molecule has 0 aromatic carbocycles. The van der Waals surface area contributed by atoms with Gasteiger partial charge in [0.05, 0.1) is 16.8 Å². The molecule has 0 amide bonds. The molecule has 2 aromatic rings. The monoisotopic (exact) mass is 414 g/mol. The number of hydrogen-bond donors (Lipinski definition) is 1. The summed E-state index contributed by atoms with van der Waals surface area (Å²) in [7, 11) is 0. The molecule has 3 rings (SSSR count). The van der Waals surface area contributed by atoms with Gasteiger partial charge < -0.3 is 10.2 Å². The predicted molar refractivity (Wildman–Crippen MR) is 95.6 cm³/mol. The highest BCUT2D eigenvalue weighted by Crippen LogP contribution is 2.44. The van der Waals surface area contributed by atoms with Gasteiger partial charge in [-0.3, -0.25) is 0 Å². The highest BCUT2D eigenvalue weighted by Gasteiger charge is 2.29. The van der Waals surface area contributed by atoms with Crippen LogP contribution in [-0.4, -0.2) is 4.98 Å². The molecule has 0 aliphatic heterocycles. The summed E-state index contributed by atoms with van der Waals surface area (Å²) < 4.78 is 6.37. The maximum absolute atomic E-state index is 9.47. The Morgan fingerprint density at radius 2 is 2.00 bits per heavy atom. The van der Waals surface area contributed by atoms with Crippen LogP contribution in [0.4, 0.5) is 5.82 Å². The van der Waals surface area contributed by atoms with Crippen molar-refractivity contribution in [3.63, 3.8) is 0 Å². The van der Waals surface area contributed by atoms with Crippen LogP contribution in [0.3, 0.4) is 0 Å². The molecule has 0 saturated carbocycles. The molecule has 1 aliphatic carbocycles. The van der Waals surface area contributed by atoms with E-state index in [4.69, 9.17) is 10.2 Å². The fourth-order valence-corrected chi connectivity index (χ4v) is 3.18. The first-order valence-corrected chi connectivity index (χ1v) is 7.85. The van der Waals surface area contributed by atoms with Crippen LogP contribution in [0.25, 0.3) is 17.2 Å². The van der Waals surface area contributed by atoms with Crippen molar-refractivity contribution in [2.24, 2.45) is 0 Å². The van der Waals surface area contributed by atoms with E-state index in [1.807, 2.05) is 32.1 Å². The standard InChI is InChI=1S/C17H11IN4O/c1-8-11(5-10-3-4-14(18)23-10)15-9(2)13(7-20)17(21)22-16(15)12(8)6-19/h3-5H,1-2H3,(H2,21,22). The molecule has 0 radical (unpaired) electrons. The minimum atomic E-state index is 0.151. The van der Waals surface area contributed by atoms with Crippen molar-refractivity contribution >= 4 is 45.6 Å². The zero-order chi connectivity index (χ0) is 16.7. The maximum Gasteiger partial charge on any atom is 0.164 e. The quantitative estimate of drug-likeness (QED) is 0.714. The summed E-state index contributed by atoms with van der Waals surface area (Å²) in [6.45, 7) is 3.68. The van der Waals surface area contributed by atoms with E-state index >= 15 is 0 Å². The summed E-state index contributed by atoms with van der Waals surface area (Å²) in [5.41, 5.74) is 10.4. The highest BCUT2D eigenvalue weighted by atomic mass is 127. The van der Waals surface area contributed by atoms with E-state index in [9.17, 15) is 10.5 Å². The molecule has 23 heavy (non-hydrogen) atoms. The molecule has 2 aromatic heterocycles. The van der Waals surface area contributed by atoms with Crippen LogP contribution in [0.1, 0.15) is 35.1 Å². The molecule has 2 heterocycles. The summed E-state index contributed by atoms with van der Waals surface area (Å²) in [5.74, 6) is 0.835. The Balaban J connectivity index is 2.34. The normalized spacial score (nSPS) is 14.7. The number of hydrogen-bond acceptors (Lipinski definition) is 5. The molecule has 0 bridgehead atoms. The van der Waals surface area contributed by atoms with Crippen LogP contribution in [0.2, 0.25) is 0 Å². The minimum Gasteiger partial charge on any atom is -0.451 e. The van der Waals surface area contributed by atoms with E-state index in [1.165, 1.54) is 0 Å². The molecule has 6 heteroatoms. The topological polar surface area (TPSA) is 99.6 Å². The third kappa shape index (κ3) is 2.32. The molecule has 0 unspecified atom stereocenters. The number of nitrogens with zero attached hydrogens (tertiary/aromatic N) is 3. The second kappa shape index (κ2) is 5.56. The van der Waals surface area contributed by atoms with Gasteiger partial charge in [-0.1, -0.05) is 0 Å². The second-order valence-electron chi connectivity index (χ2n) is 5.14. The fraction of sp³-hybridized carbons (Fsp3) is 0.118.